The van der Waals surface area contributed by atoms with Crippen LogP contribution in [0.25, 0.3) is 6.08 Å². The minimum atomic E-state index is -0.286. The second-order valence-corrected chi connectivity index (χ2v) is 8.23. The van der Waals surface area contributed by atoms with Crippen LogP contribution in [0.2, 0.25) is 0 Å². The molecule has 1 aromatic heterocycles. The van der Waals surface area contributed by atoms with E-state index in [-0.39, 0.29) is 29.5 Å². The first kappa shape index (κ1) is 21.5. The van der Waals surface area contributed by atoms with E-state index in [0.29, 0.717) is 16.6 Å². The van der Waals surface area contributed by atoms with Crippen LogP contribution in [0.3, 0.4) is 0 Å². The van der Waals surface area contributed by atoms with Crippen LogP contribution in [-0.2, 0) is 9.59 Å². The summed E-state index contributed by atoms with van der Waals surface area (Å²) in [5, 5.41) is 6.97. The molecule has 0 unspecified atom stereocenters. The predicted molar refractivity (Wildman–Crippen MR) is 124 cm³/mol. The second kappa shape index (κ2) is 9.61. The molecule has 0 aliphatic carbocycles. The van der Waals surface area contributed by atoms with E-state index in [1.807, 2.05) is 74.5 Å². The molecule has 0 saturated heterocycles. The lowest BCUT2D eigenvalue weighted by atomic mass is 10.2. The fraction of sp³-hybridized carbons (Fsp3) is 0.174. The first-order valence-corrected chi connectivity index (χ1v) is 11.1. The number of carbonyl (C=O) groups excluding carboxylic acids is 2. The molecule has 0 atom stereocenters. The Morgan fingerprint density at radius 1 is 1.16 bits per heavy atom. The fourth-order valence-corrected chi connectivity index (χ4v) is 3.78. The van der Waals surface area contributed by atoms with Gasteiger partial charge in [0.25, 0.3) is 12.1 Å². The number of aliphatic imine (C=N–C) groups is 1. The Morgan fingerprint density at radius 3 is 2.50 bits per heavy atom. The second-order valence-electron chi connectivity index (χ2n) is 7.29. The Bertz CT molecular complexity index is 1170. The maximum absolute atomic E-state index is 13.1. The fourth-order valence-electron chi connectivity index (χ4n) is 2.97. The van der Waals surface area contributed by atoms with Crippen LogP contribution < -0.4 is 14.9 Å². The van der Waals surface area contributed by atoms with E-state index in [9.17, 15) is 9.59 Å². The third kappa shape index (κ3) is 4.94. The number of thioether (sulfide) groups is 1. The van der Waals surface area contributed by atoms with Crippen molar-refractivity contribution in [2.45, 2.75) is 19.9 Å². The highest BCUT2D eigenvalue weighted by molar-refractivity contribution is 8.14. The number of amides is 2. The number of nitrogens with one attached hydrogen (secondary N) is 1. The van der Waals surface area contributed by atoms with Crippen molar-refractivity contribution >= 4 is 46.4 Å². The van der Waals surface area contributed by atoms with Crippen molar-refractivity contribution in [1.82, 2.24) is 5.27 Å². The quantitative estimate of drug-likeness (QED) is 0.459. The van der Waals surface area contributed by atoms with Crippen LogP contribution in [0.15, 0.2) is 82.1 Å². The molecule has 9 heteroatoms. The largest absolute Gasteiger partial charge is 0.302 e. The van der Waals surface area contributed by atoms with E-state index >= 15 is 0 Å². The molecular weight excluding hydrogens is 426 g/mol. The van der Waals surface area contributed by atoms with Crippen LogP contribution in [0, 0.1) is 0 Å². The number of nitrogens with zero attached hydrogens (tertiary/aromatic N) is 4. The summed E-state index contributed by atoms with van der Waals surface area (Å²) in [4.78, 5) is 31.6. The highest BCUT2D eigenvalue weighted by atomic mass is 32.2. The number of hydrogen-bond acceptors (Lipinski definition) is 6. The molecule has 2 amide bonds. The third-order valence-electron chi connectivity index (χ3n) is 4.55. The van der Waals surface area contributed by atoms with Crippen molar-refractivity contribution in [2.75, 3.05) is 16.0 Å². The highest BCUT2D eigenvalue weighted by Crippen LogP contribution is 2.29. The van der Waals surface area contributed by atoms with Gasteiger partial charge in [-0.15, -0.1) is 0 Å². The van der Waals surface area contributed by atoms with Crippen LogP contribution in [0.5, 0.6) is 0 Å². The summed E-state index contributed by atoms with van der Waals surface area (Å²) in [6, 6.07) is 18.9. The topological polar surface area (TPSA) is 91.7 Å². The normalized spacial score (nSPS) is 14.8. The molecular formula is C23H22N5O3S+. The van der Waals surface area contributed by atoms with Gasteiger partial charge in [-0.3, -0.25) is 24.3 Å². The zero-order chi connectivity index (χ0) is 22.5. The van der Waals surface area contributed by atoms with Crippen molar-refractivity contribution in [3.05, 3.63) is 78.1 Å². The van der Waals surface area contributed by atoms with Gasteiger partial charge in [0.15, 0.2) is 11.2 Å². The molecule has 4 rings (SSSR count). The molecule has 0 fully saturated rings. The Balaban J connectivity index is 1.51. The Hall–Kier alpha value is -3.72. The molecule has 8 nitrogen and oxygen atoms in total. The average molecular weight is 449 g/mol. The van der Waals surface area contributed by atoms with E-state index in [2.05, 4.69) is 15.6 Å². The van der Waals surface area contributed by atoms with Crippen LogP contribution in [0.1, 0.15) is 25.5 Å². The molecule has 1 N–H and O–H groups in total. The number of anilines is 2. The van der Waals surface area contributed by atoms with Crippen LogP contribution in [0.4, 0.5) is 11.6 Å². The van der Waals surface area contributed by atoms with Crippen LogP contribution >= 0.6 is 11.8 Å². The molecule has 3 aromatic rings. The molecule has 2 aromatic carbocycles. The Kier molecular flexibility index (Phi) is 6.46. The molecule has 1 aliphatic rings. The summed E-state index contributed by atoms with van der Waals surface area (Å²) in [7, 11) is 0. The van der Waals surface area contributed by atoms with Gasteiger partial charge < -0.3 is 0 Å². The Labute approximate surface area is 189 Å². The maximum Gasteiger partial charge on any atom is 0.302 e. The lowest BCUT2D eigenvalue weighted by Crippen LogP contribution is -2.37. The van der Waals surface area contributed by atoms with Gasteiger partial charge in [-0.25, -0.2) is 4.99 Å². The number of benzene rings is 2. The van der Waals surface area contributed by atoms with Gasteiger partial charge >= 0.3 is 5.88 Å². The zero-order valence-electron chi connectivity index (χ0n) is 17.6. The third-order valence-corrected chi connectivity index (χ3v) is 5.49. The summed E-state index contributed by atoms with van der Waals surface area (Å²) in [5.41, 5.74) is 1.88. The van der Waals surface area contributed by atoms with Gasteiger partial charge in [0, 0.05) is 0 Å². The van der Waals surface area contributed by atoms with Crippen molar-refractivity contribution in [1.29, 1.82) is 0 Å². The highest BCUT2D eigenvalue weighted by Gasteiger charge is 2.32. The summed E-state index contributed by atoms with van der Waals surface area (Å²) >= 11 is 1.18. The van der Waals surface area contributed by atoms with Gasteiger partial charge in [0.05, 0.1) is 11.4 Å². The number of rotatable bonds is 6. The molecule has 0 bridgehead atoms. The molecule has 0 spiro atoms. The molecule has 162 valence electrons. The van der Waals surface area contributed by atoms with E-state index in [1.54, 1.807) is 17.0 Å². The number of hydrogen-bond donors (Lipinski definition) is 1. The average Bonchev–Trinajstić information content (AvgIpc) is 3.38. The summed E-state index contributed by atoms with van der Waals surface area (Å²) < 4.78 is 6.74. The molecule has 2 heterocycles. The molecule has 0 saturated carbocycles. The number of carbonyl (C=O) groups is 2. The first-order chi connectivity index (χ1) is 15.5. The van der Waals surface area contributed by atoms with Gasteiger partial charge in [-0.1, -0.05) is 60.3 Å². The summed E-state index contributed by atoms with van der Waals surface area (Å²) in [6.07, 6.45) is 3.37. The van der Waals surface area contributed by atoms with Crippen molar-refractivity contribution in [3.8, 4) is 0 Å². The lowest BCUT2D eigenvalue weighted by Gasteiger charge is -2.17. The van der Waals surface area contributed by atoms with Crippen molar-refractivity contribution in [3.63, 3.8) is 0 Å². The number of amidine groups is 1. The molecule has 32 heavy (non-hydrogen) atoms. The SMILES string of the molecule is CC(C)[n+]1cc(NC(=O)CSC2=N/C(=C/c3ccccc3)C(=O)N2c2ccccc2)on1. The monoisotopic (exact) mass is 448 g/mol. The summed E-state index contributed by atoms with van der Waals surface area (Å²) in [5.74, 6) is -0.212. The van der Waals surface area contributed by atoms with Crippen LogP contribution in [-0.4, -0.2) is 28.0 Å². The maximum atomic E-state index is 13.1. The van der Waals surface area contributed by atoms with Crippen molar-refractivity contribution in [2.24, 2.45) is 4.99 Å². The molecule has 0 radical (unpaired) electrons. The van der Waals surface area contributed by atoms with E-state index < -0.39 is 0 Å². The van der Waals surface area contributed by atoms with Gasteiger partial charge in [0.1, 0.15) is 5.70 Å². The zero-order valence-corrected chi connectivity index (χ0v) is 18.5. The Morgan fingerprint density at radius 2 is 1.84 bits per heavy atom. The lowest BCUT2D eigenvalue weighted by molar-refractivity contribution is -0.779. The van der Waals surface area contributed by atoms with Gasteiger partial charge in [0.2, 0.25) is 11.2 Å². The molecule has 1 aliphatic heterocycles. The van der Waals surface area contributed by atoms with Crippen molar-refractivity contribution < 1.29 is 18.8 Å². The predicted octanol–water partition coefficient (Wildman–Crippen LogP) is 3.66. The van der Waals surface area contributed by atoms with Gasteiger partial charge in [-0.2, -0.15) is 0 Å². The first-order valence-electron chi connectivity index (χ1n) is 10.1. The smallest absolute Gasteiger partial charge is 0.288 e. The van der Waals surface area contributed by atoms with E-state index in [4.69, 9.17) is 4.52 Å². The van der Waals surface area contributed by atoms with E-state index in [0.717, 1.165) is 5.56 Å². The van der Waals surface area contributed by atoms with Gasteiger partial charge in [-0.05, 0) is 42.3 Å². The minimum absolute atomic E-state index is 0.0520. The number of para-hydroxylation sites is 1. The number of aromatic nitrogens is 2. The van der Waals surface area contributed by atoms with E-state index in [1.165, 1.54) is 16.7 Å². The minimum Gasteiger partial charge on any atom is -0.288 e. The standard InChI is InChI=1S/C23H21N5O3S/c1-16(2)27-14-21(31-26-27)25-20(29)15-32-23-24-19(13-17-9-5-3-6-10-17)22(30)28(23)18-11-7-4-8-12-18/h3-14,16H,15H2,1-2H3/p+1/b19-13+. The summed E-state index contributed by atoms with van der Waals surface area (Å²) in [6.45, 7) is 3.91.